The van der Waals surface area contributed by atoms with Crippen LogP contribution in [0, 0.1) is 23.5 Å². The molecule has 6 heteroatoms. The molecule has 1 aromatic heterocycles. The van der Waals surface area contributed by atoms with E-state index in [0.717, 1.165) is 12.0 Å². The van der Waals surface area contributed by atoms with E-state index < -0.39 is 29.2 Å². The van der Waals surface area contributed by atoms with E-state index in [9.17, 15) is 17.6 Å². The Bertz CT molecular complexity index is 661. The van der Waals surface area contributed by atoms with E-state index in [0.29, 0.717) is 12.8 Å². The summed E-state index contributed by atoms with van der Waals surface area (Å²) in [6.07, 6.45) is 1.91. The molecule has 1 heterocycles. The topological polar surface area (TPSA) is 24.9 Å². The van der Waals surface area contributed by atoms with E-state index in [1.807, 2.05) is 24.3 Å². The summed E-state index contributed by atoms with van der Waals surface area (Å²) in [5, 5.41) is 2.57. The molecule has 3 rings (SSSR count). The molecule has 0 amide bonds. The lowest BCUT2D eigenvalue weighted by Crippen LogP contribution is -2.28. The van der Waals surface area contributed by atoms with Crippen LogP contribution >= 0.6 is 0 Å². The SMILES string of the molecule is Fc1nc(F)c(F)c(NC2CCc3ccccc3C2)c1F. The Morgan fingerprint density at radius 2 is 1.57 bits per heavy atom. The highest BCUT2D eigenvalue weighted by molar-refractivity contribution is 5.47. The van der Waals surface area contributed by atoms with Crippen molar-refractivity contribution in [2.24, 2.45) is 0 Å². The summed E-state index contributed by atoms with van der Waals surface area (Å²) in [4.78, 5) is 2.54. The summed E-state index contributed by atoms with van der Waals surface area (Å²) in [6.45, 7) is 0. The number of hydrogen-bond donors (Lipinski definition) is 1. The number of nitrogens with one attached hydrogen (secondary N) is 1. The third kappa shape index (κ3) is 2.57. The quantitative estimate of drug-likeness (QED) is 0.676. The molecule has 0 saturated heterocycles. The lowest BCUT2D eigenvalue weighted by molar-refractivity contribution is 0.408. The first-order valence-electron chi connectivity index (χ1n) is 6.59. The molecule has 110 valence electrons. The van der Waals surface area contributed by atoms with Gasteiger partial charge < -0.3 is 5.32 Å². The van der Waals surface area contributed by atoms with Gasteiger partial charge in [0.2, 0.25) is 11.6 Å². The van der Waals surface area contributed by atoms with Crippen LogP contribution in [0.1, 0.15) is 17.5 Å². The van der Waals surface area contributed by atoms with Gasteiger partial charge in [-0.2, -0.15) is 22.5 Å². The van der Waals surface area contributed by atoms with Crippen LogP contribution in [0.5, 0.6) is 0 Å². The number of aryl methyl sites for hydroxylation is 1. The number of benzene rings is 1. The number of nitrogens with zero attached hydrogens (tertiary/aromatic N) is 1. The summed E-state index contributed by atoms with van der Waals surface area (Å²) in [6, 6.07) is 7.46. The van der Waals surface area contributed by atoms with Crippen LogP contribution < -0.4 is 5.32 Å². The predicted octanol–water partition coefficient (Wildman–Crippen LogP) is 3.61. The molecule has 21 heavy (non-hydrogen) atoms. The molecular formula is C15H12F4N2. The van der Waals surface area contributed by atoms with Crippen molar-refractivity contribution in [1.29, 1.82) is 0 Å². The van der Waals surface area contributed by atoms with E-state index in [2.05, 4.69) is 10.3 Å². The molecule has 2 nitrogen and oxygen atoms in total. The maximum atomic E-state index is 13.6. The highest BCUT2D eigenvalue weighted by Gasteiger charge is 2.25. The molecule has 1 aliphatic carbocycles. The molecule has 0 fully saturated rings. The fourth-order valence-corrected chi connectivity index (χ4v) is 2.64. The summed E-state index contributed by atoms with van der Waals surface area (Å²) >= 11 is 0. The van der Waals surface area contributed by atoms with Crippen molar-refractivity contribution in [3.63, 3.8) is 0 Å². The molecule has 1 aromatic carbocycles. The van der Waals surface area contributed by atoms with Gasteiger partial charge in [-0.25, -0.2) is 0 Å². The molecule has 1 atom stereocenters. The molecule has 0 saturated carbocycles. The molecule has 0 radical (unpaired) electrons. The molecule has 1 aliphatic rings. The van der Waals surface area contributed by atoms with Gasteiger partial charge in [-0.1, -0.05) is 24.3 Å². The molecule has 0 bridgehead atoms. The van der Waals surface area contributed by atoms with Crippen LogP contribution in [0.25, 0.3) is 0 Å². The van der Waals surface area contributed by atoms with E-state index >= 15 is 0 Å². The second-order valence-corrected chi connectivity index (χ2v) is 5.05. The number of aromatic nitrogens is 1. The molecule has 2 aromatic rings. The van der Waals surface area contributed by atoms with Crippen molar-refractivity contribution in [1.82, 2.24) is 4.98 Å². The minimum atomic E-state index is -1.65. The summed E-state index contributed by atoms with van der Waals surface area (Å²) < 4.78 is 53.3. The molecule has 1 N–H and O–H groups in total. The first-order valence-corrected chi connectivity index (χ1v) is 6.59. The van der Waals surface area contributed by atoms with Crippen molar-refractivity contribution < 1.29 is 17.6 Å². The summed E-state index contributed by atoms with van der Waals surface area (Å²) in [5.41, 5.74) is 1.46. The van der Waals surface area contributed by atoms with Gasteiger partial charge in [0, 0.05) is 6.04 Å². The van der Waals surface area contributed by atoms with E-state index in [4.69, 9.17) is 0 Å². The Kier molecular flexibility index (Phi) is 3.53. The number of rotatable bonds is 2. The van der Waals surface area contributed by atoms with Crippen molar-refractivity contribution in [2.45, 2.75) is 25.3 Å². The van der Waals surface area contributed by atoms with Crippen LogP contribution in [0.4, 0.5) is 23.2 Å². The van der Waals surface area contributed by atoms with Gasteiger partial charge in [0.1, 0.15) is 5.69 Å². The van der Waals surface area contributed by atoms with Gasteiger partial charge >= 0.3 is 0 Å². The monoisotopic (exact) mass is 296 g/mol. The van der Waals surface area contributed by atoms with E-state index in [-0.39, 0.29) is 6.04 Å². The zero-order valence-electron chi connectivity index (χ0n) is 11.0. The second kappa shape index (κ2) is 5.35. The highest BCUT2D eigenvalue weighted by Crippen LogP contribution is 2.27. The van der Waals surface area contributed by atoms with Crippen LogP contribution in [-0.2, 0) is 12.8 Å². The Balaban J connectivity index is 1.86. The van der Waals surface area contributed by atoms with Gasteiger partial charge in [0.05, 0.1) is 0 Å². The zero-order chi connectivity index (χ0) is 15.0. The molecule has 0 spiro atoms. The first-order chi connectivity index (χ1) is 10.1. The minimum Gasteiger partial charge on any atom is -0.377 e. The second-order valence-electron chi connectivity index (χ2n) is 5.05. The lowest BCUT2D eigenvalue weighted by atomic mass is 9.88. The van der Waals surface area contributed by atoms with Crippen molar-refractivity contribution in [2.75, 3.05) is 5.32 Å². The minimum absolute atomic E-state index is 0.287. The summed E-state index contributed by atoms with van der Waals surface area (Å²) in [7, 11) is 0. The van der Waals surface area contributed by atoms with E-state index in [1.165, 1.54) is 5.56 Å². The maximum Gasteiger partial charge on any atom is 0.253 e. The van der Waals surface area contributed by atoms with Crippen LogP contribution in [0.3, 0.4) is 0 Å². The third-order valence-electron chi connectivity index (χ3n) is 3.69. The van der Waals surface area contributed by atoms with Crippen molar-refractivity contribution in [3.8, 4) is 0 Å². The molecular weight excluding hydrogens is 284 g/mol. The highest BCUT2D eigenvalue weighted by atomic mass is 19.2. The van der Waals surface area contributed by atoms with Gasteiger partial charge in [0.15, 0.2) is 0 Å². The Hall–Kier alpha value is -2.11. The third-order valence-corrected chi connectivity index (χ3v) is 3.69. The normalized spacial score (nSPS) is 17.4. The predicted molar refractivity (Wildman–Crippen MR) is 69.9 cm³/mol. The van der Waals surface area contributed by atoms with Crippen molar-refractivity contribution in [3.05, 3.63) is 58.9 Å². The lowest BCUT2D eigenvalue weighted by Gasteiger charge is -2.26. The number of pyridine rings is 1. The number of fused-ring (bicyclic) bond motifs is 1. The van der Waals surface area contributed by atoms with Crippen LogP contribution in [0.15, 0.2) is 24.3 Å². The zero-order valence-corrected chi connectivity index (χ0v) is 11.0. The fraction of sp³-hybridized carbons (Fsp3) is 0.267. The van der Waals surface area contributed by atoms with Gasteiger partial charge in [-0.15, -0.1) is 0 Å². The maximum absolute atomic E-state index is 13.6. The van der Waals surface area contributed by atoms with E-state index in [1.54, 1.807) is 0 Å². The van der Waals surface area contributed by atoms with Crippen LogP contribution in [-0.4, -0.2) is 11.0 Å². The fourth-order valence-electron chi connectivity index (χ4n) is 2.64. The largest absolute Gasteiger partial charge is 0.377 e. The average Bonchev–Trinajstić information content (AvgIpc) is 2.49. The van der Waals surface area contributed by atoms with Gasteiger partial charge in [-0.05, 0) is 30.4 Å². The first kappa shape index (κ1) is 13.9. The number of anilines is 1. The summed E-state index contributed by atoms with van der Waals surface area (Å²) in [5.74, 6) is -6.28. The smallest absolute Gasteiger partial charge is 0.253 e. The standard InChI is InChI=1S/C15H12F4N2/c16-11-13(12(17)15(19)21-14(11)18)20-10-6-5-8-3-1-2-4-9(8)7-10/h1-4,10H,5-7H2,(H,20,21). The number of hydrogen-bond acceptors (Lipinski definition) is 2. The van der Waals surface area contributed by atoms with Crippen LogP contribution in [0.2, 0.25) is 0 Å². The van der Waals surface area contributed by atoms with Gasteiger partial charge in [0.25, 0.3) is 11.9 Å². The Morgan fingerprint density at radius 3 is 2.24 bits per heavy atom. The molecule has 1 unspecified atom stereocenters. The Morgan fingerprint density at radius 1 is 0.952 bits per heavy atom. The Labute approximate surface area is 118 Å². The average molecular weight is 296 g/mol. The molecule has 0 aliphatic heterocycles. The van der Waals surface area contributed by atoms with Crippen molar-refractivity contribution >= 4 is 5.69 Å². The number of halogens is 4. The van der Waals surface area contributed by atoms with Gasteiger partial charge in [-0.3, -0.25) is 0 Å².